The third-order valence-electron chi connectivity index (χ3n) is 4.11. The topological polar surface area (TPSA) is 72.9 Å². The zero-order valence-corrected chi connectivity index (χ0v) is 13.3. The van der Waals surface area contributed by atoms with Gasteiger partial charge in [0.15, 0.2) is 0 Å². The summed E-state index contributed by atoms with van der Waals surface area (Å²) in [6, 6.07) is 0.380. The minimum atomic E-state index is -0.627. The highest BCUT2D eigenvalue weighted by Gasteiger charge is 2.45. The lowest BCUT2D eigenvalue weighted by atomic mass is 9.95. The summed E-state index contributed by atoms with van der Waals surface area (Å²) in [4.78, 5) is 11.9. The van der Waals surface area contributed by atoms with E-state index in [9.17, 15) is 4.79 Å². The second kappa shape index (κ2) is 5.37. The van der Waals surface area contributed by atoms with Crippen molar-refractivity contribution in [1.82, 2.24) is 15.1 Å². The van der Waals surface area contributed by atoms with E-state index in [-0.39, 0.29) is 18.0 Å². The maximum atomic E-state index is 11.9. The number of halogens is 1. The number of hydrogen-bond donors (Lipinski definition) is 2. The number of nitrogens with zero attached hydrogens (tertiary/aromatic N) is 2. The molecule has 5 nitrogen and oxygen atoms in total. The molecule has 1 saturated carbocycles. The number of nitrogens with one attached hydrogen (secondary N) is 1. The molecule has 0 radical (unpaired) electrons. The zero-order chi connectivity index (χ0) is 15.1. The maximum absolute atomic E-state index is 11.9. The van der Waals surface area contributed by atoms with Crippen molar-refractivity contribution in [1.29, 1.82) is 0 Å². The van der Waals surface area contributed by atoms with E-state index in [2.05, 4.69) is 10.4 Å². The largest absolute Gasteiger partial charge is 0.368 e. The van der Waals surface area contributed by atoms with Crippen molar-refractivity contribution in [2.75, 3.05) is 0 Å². The van der Waals surface area contributed by atoms with Gasteiger partial charge in [-0.3, -0.25) is 9.48 Å². The van der Waals surface area contributed by atoms with Crippen molar-refractivity contribution in [2.45, 2.75) is 64.6 Å². The summed E-state index contributed by atoms with van der Waals surface area (Å²) in [6.45, 7) is 7.91. The average molecular weight is 299 g/mol. The van der Waals surface area contributed by atoms with Gasteiger partial charge in [-0.05, 0) is 47.0 Å². The summed E-state index contributed by atoms with van der Waals surface area (Å²) in [7, 11) is 0. The fourth-order valence-electron chi connectivity index (χ4n) is 3.21. The van der Waals surface area contributed by atoms with Crippen LogP contribution in [0.2, 0.25) is 5.02 Å². The van der Waals surface area contributed by atoms with Crippen molar-refractivity contribution in [2.24, 2.45) is 5.73 Å². The van der Waals surface area contributed by atoms with Crippen LogP contribution in [0, 0.1) is 13.8 Å². The molecule has 0 aromatic carbocycles. The standard InChI is InChI=1S/C14H23ClN4O/c1-8(2)17-14(13(16)20)6-5-11(7-14)19-10(4)12(15)9(3)18-19/h8,11,17H,5-7H2,1-4H3,(H2,16,20). The first-order chi connectivity index (χ1) is 9.27. The summed E-state index contributed by atoms with van der Waals surface area (Å²) in [5.41, 5.74) is 6.80. The van der Waals surface area contributed by atoms with Gasteiger partial charge < -0.3 is 11.1 Å². The first-order valence-corrected chi connectivity index (χ1v) is 7.43. The molecule has 0 spiro atoms. The number of primary amides is 1. The van der Waals surface area contributed by atoms with Crippen molar-refractivity contribution in [3.05, 3.63) is 16.4 Å². The SMILES string of the molecule is Cc1nn(C2CCC(NC(C)C)(C(N)=O)C2)c(C)c1Cl. The van der Waals surface area contributed by atoms with Gasteiger partial charge in [0.1, 0.15) is 0 Å². The van der Waals surface area contributed by atoms with Gasteiger partial charge in [-0.15, -0.1) is 0 Å². The van der Waals surface area contributed by atoms with Gasteiger partial charge in [-0.25, -0.2) is 0 Å². The number of aryl methyl sites for hydroxylation is 1. The second-order valence-electron chi connectivity index (χ2n) is 6.07. The lowest BCUT2D eigenvalue weighted by Crippen LogP contribution is -2.56. The lowest BCUT2D eigenvalue weighted by molar-refractivity contribution is -0.124. The van der Waals surface area contributed by atoms with Gasteiger partial charge >= 0.3 is 0 Å². The molecule has 1 aromatic heterocycles. The van der Waals surface area contributed by atoms with E-state index in [1.54, 1.807) is 0 Å². The Kier molecular flexibility index (Phi) is 4.12. The van der Waals surface area contributed by atoms with Gasteiger partial charge in [-0.1, -0.05) is 11.6 Å². The highest BCUT2D eigenvalue weighted by atomic mass is 35.5. The van der Waals surface area contributed by atoms with Crippen molar-refractivity contribution in [3.63, 3.8) is 0 Å². The van der Waals surface area contributed by atoms with Crippen LogP contribution < -0.4 is 11.1 Å². The summed E-state index contributed by atoms with van der Waals surface area (Å²) < 4.78 is 1.95. The lowest BCUT2D eigenvalue weighted by Gasteiger charge is -2.29. The molecule has 0 aliphatic heterocycles. The maximum Gasteiger partial charge on any atom is 0.237 e. The van der Waals surface area contributed by atoms with Gasteiger partial charge in [-0.2, -0.15) is 5.10 Å². The van der Waals surface area contributed by atoms with Crippen molar-refractivity contribution >= 4 is 17.5 Å². The molecule has 2 atom stereocenters. The molecular weight excluding hydrogens is 276 g/mol. The number of amides is 1. The van der Waals surface area contributed by atoms with Crippen LogP contribution in [0.1, 0.15) is 50.5 Å². The number of hydrogen-bond acceptors (Lipinski definition) is 3. The Hall–Kier alpha value is -1.07. The van der Waals surface area contributed by atoms with Gasteiger partial charge in [0.05, 0.1) is 28.0 Å². The molecule has 0 saturated heterocycles. The minimum absolute atomic E-state index is 0.167. The van der Waals surface area contributed by atoms with Crippen LogP contribution in [0.4, 0.5) is 0 Å². The van der Waals surface area contributed by atoms with E-state index >= 15 is 0 Å². The Morgan fingerprint density at radius 1 is 1.55 bits per heavy atom. The molecule has 1 heterocycles. The molecule has 112 valence electrons. The molecule has 1 aromatic rings. The van der Waals surface area contributed by atoms with E-state index in [1.807, 2.05) is 32.4 Å². The molecule has 6 heteroatoms. The second-order valence-corrected chi connectivity index (χ2v) is 6.45. The Morgan fingerprint density at radius 3 is 2.65 bits per heavy atom. The van der Waals surface area contributed by atoms with Crippen LogP contribution in [0.5, 0.6) is 0 Å². The summed E-state index contributed by atoms with van der Waals surface area (Å²) in [5, 5.41) is 8.55. The average Bonchev–Trinajstić information content (AvgIpc) is 2.87. The third-order valence-corrected chi connectivity index (χ3v) is 4.65. The molecule has 1 amide bonds. The summed E-state index contributed by atoms with van der Waals surface area (Å²) >= 11 is 6.20. The Balaban J connectivity index is 2.26. The summed E-state index contributed by atoms with van der Waals surface area (Å²) in [5.74, 6) is -0.277. The van der Waals surface area contributed by atoms with E-state index in [0.717, 1.165) is 24.2 Å². The Morgan fingerprint density at radius 2 is 2.20 bits per heavy atom. The van der Waals surface area contributed by atoms with E-state index < -0.39 is 5.54 Å². The normalized spacial score (nSPS) is 26.4. The molecule has 1 aliphatic rings. The number of aromatic nitrogens is 2. The highest BCUT2D eigenvalue weighted by molar-refractivity contribution is 6.31. The van der Waals surface area contributed by atoms with Crippen molar-refractivity contribution < 1.29 is 4.79 Å². The molecule has 0 bridgehead atoms. The highest BCUT2D eigenvalue weighted by Crippen LogP contribution is 2.39. The van der Waals surface area contributed by atoms with E-state index in [0.29, 0.717) is 11.4 Å². The first kappa shape index (κ1) is 15.3. The minimum Gasteiger partial charge on any atom is -0.368 e. The van der Waals surface area contributed by atoms with Gasteiger partial charge in [0.2, 0.25) is 5.91 Å². The van der Waals surface area contributed by atoms with Crippen LogP contribution in [-0.4, -0.2) is 27.3 Å². The molecule has 1 fully saturated rings. The smallest absolute Gasteiger partial charge is 0.237 e. The van der Waals surface area contributed by atoms with Crippen molar-refractivity contribution in [3.8, 4) is 0 Å². The third kappa shape index (κ3) is 2.56. The molecule has 2 unspecified atom stereocenters. The fourth-order valence-corrected chi connectivity index (χ4v) is 3.33. The van der Waals surface area contributed by atoms with Crippen LogP contribution in [0.25, 0.3) is 0 Å². The molecule has 2 rings (SSSR count). The molecular formula is C14H23ClN4O. The number of rotatable bonds is 4. The van der Waals surface area contributed by atoms with Crippen LogP contribution in [0.15, 0.2) is 0 Å². The van der Waals surface area contributed by atoms with Gasteiger partial charge in [0, 0.05) is 6.04 Å². The molecule has 20 heavy (non-hydrogen) atoms. The van der Waals surface area contributed by atoms with E-state index in [1.165, 1.54) is 0 Å². The van der Waals surface area contributed by atoms with Crippen LogP contribution in [-0.2, 0) is 4.79 Å². The Labute approximate surface area is 124 Å². The number of nitrogens with two attached hydrogens (primary N) is 1. The first-order valence-electron chi connectivity index (χ1n) is 7.05. The monoisotopic (exact) mass is 298 g/mol. The predicted octanol–water partition coefficient (Wildman–Crippen LogP) is 2.10. The zero-order valence-electron chi connectivity index (χ0n) is 12.5. The number of carbonyl (C=O) groups is 1. The molecule has 1 aliphatic carbocycles. The van der Waals surface area contributed by atoms with Gasteiger partial charge in [0.25, 0.3) is 0 Å². The van der Waals surface area contributed by atoms with Crippen LogP contribution in [0.3, 0.4) is 0 Å². The predicted molar refractivity (Wildman–Crippen MR) is 79.8 cm³/mol. The fraction of sp³-hybridized carbons (Fsp3) is 0.714. The summed E-state index contributed by atoms with van der Waals surface area (Å²) in [6.07, 6.45) is 2.28. The Bertz CT molecular complexity index is 525. The molecule has 3 N–H and O–H groups in total. The van der Waals surface area contributed by atoms with Crippen LogP contribution >= 0.6 is 11.6 Å². The van der Waals surface area contributed by atoms with E-state index in [4.69, 9.17) is 17.3 Å². The quantitative estimate of drug-likeness (QED) is 0.894. The number of carbonyl (C=O) groups excluding carboxylic acids is 1.